The molecule has 0 unspecified atom stereocenters. The summed E-state index contributed by atoms with van der Waals surface area (Å²) in [6.07, 6.45) is 1.25. The Morgan fingerprint density at radius 1 is 1.35 bits per heavy atom. The van der Waals surface area contributed by atoms with Crippen molar-refractivity contribution in [1.82, 2.24) is 9.55 Å². The van der Waals surface area contributed by atoms with Crippen LogP contribution in [0.2, 0.25) is 5.02 Å². The van der Waals surface area contributed by atoms with Crippen LogP contribution in [0.5, 0.6) is 0 Å². The molecule has 1 heterocycles. The minimum absolute atomic E-state index is 0.238. The number of imidazole rings is 1. The lowest BCUT2D eigenvalue weighted by Crippen LogP contribution is -2.07. The lowest BCUT2D eigenvalue weighted by Gasteiger charge is -2.09. The second kappa shape index (κ2) is 6.26. The molecule has 0 saturated heterocycles. The lowest BCUT2D eigenvalue weighted by molar-refractivity contribution is -0.111. The van der Waals surface area contributed by atoms with Crippen LogP contribution in [-0.2, 0) is 11.3 Å². The van der Waals surface area contributed by atoms with Crippen LogP contribution in [0.15, 0.2) is 55.1 Å². The van der Waals surface area contributed by atoms with Crippen LogP contribution in [0.25, 0.3) is 11.0 Å². The van der Waals surface area contributed by atoms with Gasteiger partial charge in [-0.3, -0.25) is 4.79 Å². The minimum atomic E-state index is -0.238. The van der Waals surface area contributed by atoms with Crippen molar-refractivity contribution in [1.29, 1.82) is 0 Å². The van der Waals surface area contributed by atoms with Crippen molar-refractivity contribution in [3.8, 4) is 0 Å². The number of fused-ring (bicyclic) bond motifs is 1. The van der Waals surface area contributed by atoms with Crippen molar-refractivity contribution in [2.24, 2.45) is 0 Å². The van der Waals surface area contributed by atoms with Crippen LogP contribution in [0.4, 0.5) is 5.69 Å². The number of amides is 1. The van der Waals surface area contributed by atoms with Gasteiger partial charge in [-0.1, -0.05) is 36.4 Å². The van der Waals surface area contributed by atoms with E-state index < -0.39 is 0 Å². The zero-order valence-corrected chi connectivity index (χ0v) is 13.5. The fourth-order valence-corrected chi connectivity index (χ4v) is 2.71. The molecule has 5 heteroatoms. The number of benzene rings is 2. The normalized spacial score (nSPS) is 10.7. The molecule has 4 nitrogen and oxygen atoms in total. The van der Waals surface area contributed by atoms with Gasteiger partial charge in [-0.25, -0.2) is 4.98 Å². The number of anilines is 1. The smallest absolute Gasteiger partial charge is 0.247 e. The highest BCUT2D eigenvalue weighted by atomic mass is 35.5. The van der Waals surface area contributed by atoms with E-state index in [9.17, 15) is 4.79 Å². The van der Waals surface area contributed by atoms with Gasteiger partial charge in [-0.15, -0.1) is 0 Å². The maximum atomic E-state index is 11.5. The number of nitrogens with zero attached hydrogens (tertiary/aromatic N) is 2. The van der Waals surface area contributed by atoms with E-state index in [0.29, 0.717) is 12.2 Å². The van der Waals surface area contributed by atoms with Crippen molar-refractivity contribution in [3.05, 3.63) is 71.5 Å². The van der Waals surface area contributed by atoms with E-state index in [4.69, 9.17) is 11.6 Å². The molecular weight excluding hydrogens is 310 g/mol. The Balaban J connectivity index is 2.03. The molecular formula is C18H16ClN3O. The van der Waals surface area contributed by atoms with Crippen LogP contribution in [0.3, 0.4) is 0 Å². The first-order valence-corrected chi connectivity index (χ1v) is 7.60. The molecule has 2 aromatic carbocycles. The van der Waals surface area contributed by atoms with Gasteiger partial charge in [0.1, 0.15) is 5.82 Å². The van der Waals surface area contributed by atoms with Crippen LogP contribution >= 0.6 is 11.6 Å². The Bertz CT molecular complexity index is 898. The van der Waals surface area contributed by atoms with Gasteiger partial charge in [-0.2, -0.15) is 0 Å². The van der Waals surface area contributed by atoms with Crippen LogP contribution in [0, 0.1) is 6.92 Å². The first-order chi connectivity index (χ1) is 11.1. The summed E-state index contributed by atoms with van der Waals surface area (Å²) in [5.41, 5.74) is 3.57. The molecule has 3 rings (SSSR count). The highest BCUT2D eigenvalue weighted by molar-refractivity contribution is 6.31. The molecule has 0 bridgehead atoms. The zero-order valence-electron chi connectivity index (χ0n) is 12.7. The number of aromatic nitrogens is 2. The third kappa shape index (κ3) is 3.12. The summed E-state index contributed by atoms with van der Waals surface area (Å²) in [5, 5.41) is 3.50. The molecule has 0 spiro atoms. The van der Waals surface area contributed by atoms with E-state index in [-0.39, 0.29) is 5.91 Å². The number of nitrogens with one attached hydrogen (secondary N) is 1. The van der Waals surface area contributed by atoms with E-state index in [1.807, 2.05) is 49.4 Å². The van der Waals surface area contributed by atoms with Crippen LogP contribution in [0.1, 0.15) is 11.4 Å². The molecule has 116 valence electrons. The largest absolute Gasteiger partial charge is 0.324 e. The molecule has 0 aliphatic rings. The zero-order chi connectivity index (χ0) is 16.4. The topological polar surface area (TPSA) is 46.9 Å². The van der Waals surface area contributed by atoms with Gasteiger partial charge in [0.25, 0.3) is 0 Å². The number of hydrogen-bond acceptors (Lipinski definition) is 2. The van der Waals surface area contributed by atoms with Gasteiger partial charge < -0.3 is 9.88 Å². The van der Waals surface area contributed by atoms with Crippen LogP contribution in [-0.4, -0.2) is 15.5 Å². The van der Waals surface area contributed by atoms with Gasteiger partial charge >= 0.3 is 0 Å². The van der Waals surface area contributed by atoms with E-state index in [1.165, 1.54) is 6.08 Å². The van der Waals surface area contributed by atoms with E-state index in [0.717, 1.165) is 27.4 Å². The number of halogens is 1. The Hall–Kier alpha value is -2.59. The maximum absolute atomic E-state index is 11.5. The van der Waals surface area contributed by atoms with Crippen LogP contribution < -0.4 is 5.32 Å². The molecule has 3 aromatic rings. The molecule has 0 aliphatic carbocycles. The van der Waals surface area contributed by atoms with Gasteiger partial charge in [0.05, 0.1) is 17.6 Å². The second-order valence-electron chi connectivity index (χ2n) is 5.23. The molecule has 0 saturated carbocycles. The fraction of sp³-hybridized carbons (Fsp3) is 0.111. The maximum Gasteiger partial charge on any atom is 0.247 e. The third-order valence-corrected chi connectivity index (χ3v) is 4.05. The highest BCUT2D eigenvalue weighted by Gasteiger charge is 2.10. The first-order valence-electron chi connectivity index (χ1n) is 7.22. The molecule has 0 radical (unpaired) electrons. The lowest BCUT2D eigenvalue weighted by atomic mass is 10.2. The summed E-state index contributed by atoms with van der Waals surface area (Å²) < 4.78 is 2.08. The average Bonchev–Trinajstić information content (AvgIpc) is 2.85. The van der Waals surface area contributed by atoms with Crippen molar-refractivity contribution in [3.63, 3.8) is 0 Å². The Labute approximate surface area is 139 Å². The van der Waals surface area contributed by atoms with Gasteiger partial charge in [-0.05, 0) is 42.8 Å². The molecule has 1 aromatic heterocycles. The third-order valence-electron chi connectivity index (χ3n) is 3.68. The SMILES string of the molecule is C=CC(=O)Nc1ccc2nc(C)n(Cc3ccccc3Cl)c2c1. The van der Waals surface area contributed by atoms with Crippen molar-refractivity contribution >= 4 is 34.2 Å². The molecule has 0 atom stereocenters. The molecule has 1 N–H and O–H groups in total. The standard InChI is InChI=1S/C18H16ClN3O/c1-3-18(23)21-14-8-9-16-17(10-14)22(12(2)20-16)11-13-6-4-5-7-15(13)19/h3-10H,1,11H2,2H3,(H,21,23). The molecule has 0 fully saturated rings. The van der Waals surface area contributed by atoms with Gasteiger partial charge in [0.2, 0.25) is 5.91 Å². The predicted molar refractivity (Wildman–Crippen MR) is 93.9 cm³/mol. The molecule has 0 aliphatic heterocycles. The number of rotatable bonds is 4. The molecule has 1 amide bonds. The molecule has 23 heavy (non-hydrogen) atoms. The summed E-state index contributed by atoms with van der Waals surface area (Å²) in [7, 11) is 0. The Morgan fingerprint density at radius 2 is 2.13 bits per heavy atom. The van der Waals surface area contributed by atoms with Crippen molar-refractivity contribution < 1.29 is 4.79 Å². The summed E-state index contributed by atoms with van der Waals surface area (Å²) in [4.78, 5) is 16.0. The Kier molecular flexibility index (Phi) is 4.17. The van der Waals surface area contributed by atoms with Crippen molar-refractivity contribution in [2.75, 3.05) is 5.32 Å². The number of hydrogen-bond donors (Lipinski definition) is 1. The monoisotopic (exact) mass is 325 g/mol. The number of carbonyl (C=O) groups is 1. The van der Waals surface area contributed by atoms with E-state index >= 15 is 0 Å². The Morgan fingerprint density at radius 3 is 2.87 bits per heavy atom. The average molecular weight is 326 g/mol. The van der Waals surface area contributed by atoms with E-state index in [2.05, 4.69) is 21.4 Å². The number of carbonyl (C=O) groups excluding carboxylic acids is 1. The summed E-state index contributed by atoms with van der Waals surface area (Å²) in [5.74, 6) is 0.658. The quantitative estimate of drug-likeness (QED) is 0.732. The summed E-state index contributed by atoms with van der Waals surface area (Å²) >= 11 is 6.26. The predicted octanol–water partition coefficient (Wildman–Crippen LogP) is 4.17. The first kappa shape index (κ1) is 15.3. The minimum Gasteiger partial charge on any atom is -0.324 e. The van der Waals surface area contributed by atoms with Gasteiger partial charge in [0.15, 0.2) is 0 Å². The summed E-state index contributed by atoms with van der Waals surface area (Å²) in [6, 6.07) is 13.4. The van der Waals surface area contributed by atoms with E-state index in [1.54, 1.807) is 0 Å². The highest BCUT2D eigenvalue weighted by Crippen LogP contribution is 2.24. The fourth-order valence-electron chi connectivity index (χ4n) is 2.51. The second-order valence-corrected chi connectivity index (χ2v) is 5.64. The number of aryl methyl sites for hydroxylation is 1. The summed E-state index contributed by atoms with van der Waals surface area (Å²) in [6.45, 7) is 6.05. The van der Waals surface area contributed by atoms with Crippen molar-refractivity contribution in [2.45, 2.75) is 13.5 Å². The van der Waals surface area contributed by atoms with Gasteiger partial charge in [0, 0.05) is 10.7 Å².